The van der Waals surface area contributed by atoms with Crippen molar-refractivity contribution in [2.75, 3.05) is 19.0 Å². The van der Waals surface area contributed by atoms with Crippen molar-refractivity contribution in [2.45, 2.75) is 19.5 Å². The number of rotatable bonds is 7. The molecule has 1 aromatic carbocycles. The summed E-state index contributed by atoms with van der Waals surface area (Å²) in [7, 11) is -2.75. The molecule has 0 aliphatic heterocycles. The number of benzene rings is 1. The number of nitrogens with zero attached hydrogens (tertiary/aromatic N) is 1. The number of esters is 1. The van der Waals surface area contributed by atoms with Crippen LogP contribution in [0.1, 0.15) is 29.4 Å². The van der Waals surface area contributed by atoms with E-state index in [0.717, 1.165) is 12.1 Å². The fourth-order valence-electron chi connectivity index (χ4n) is 2.55. The van der Waals surface area contributed by atoms with Crippen molar-refractivity contribution in [3.8, 4) is 5.75 Å². The molecule has 0 saturated heterocycles. The average molecular weight is 409 g/mol. The number of hydrogen-bond donors (Lipinski definition) is 1. The molecule has 0 amide bonds. The Morgan fingerprint density at radius 1 is 1.26 bits per heavy atom. The minimum atomic E-state index is -4.70. The second-order valence-corrected chi connectivity index (χ2v) is 7.27. The molecule has 0 spiro atoms. The van der Waals surface area contributed by atoms with Crippen molar-refractivity contribution in [1.82, 2.24) is 4.57 Å². The van der Waals surface area contributed by atoms with Crippen LogP contribution in [0.5, 0.6) is 5.75 Å². The molecule has 0 radical (unpaired) electrons. The Morgan fingerprint density at radius 3 is 2.48 bits per heavy atom. The molecule has 150 valence electrons. The minimum absolute atomic E-state index is 0.0409. The third-order valence-electron chi connectivity index (χ3n) is 3.74. The van der Waals surface area contributed by atoms with Crippen molar-refractivity contribution in [3.05, 3.63) is 29.5 Å². The minimum Gasteiger partial charge on any atom is -0.493 e. The molecule has 1 aromatic heterocycles. The van der Waals surface area contributed by atoms with Crippen LogP contribution in [0.4, 0.5) is 13.2 Å². The largest absolute Gasteiger partial charge is 0.493 e. The lowest BCUT2D eigenvalue weighted by molar-refractivity contribution is -0.136. The first-order valence-corrected chi connectivity index (χ1v) is 9.50. The number of aryl methyl sites for hydroxylation is 1. The van der Waals surface area contributed by atoms with E-state index >= 15 is 0 Å². The second-order valence-electron chi connectivity index (χ2n) is 5.70. The van der Waals surface area contributed by atoms with Crippen molar-refractivity contribution >= 4 is 27.0 Å². The van der Waals surface area contributed by atoms with E-state index < -0.39 is 33.6 Å². The summed E-state index contributed by atoms with van der Waals surface area (Å²) in [5.74, 6) is -1.46. The Hall–Kier alpha value is -2.27. The van der Waals surface area contributed by atoms with E-state index in [1.807, 2.05) is 0 Å². The molecule has 11 heteroatoms. The molecular weight excluding hydrogens is 391 g/mol. The lowest BCUT2D eigenvalue weighted by atomic mass is 10.1. The zero-order valence-corrected chi connectivity index (χ0v) is 15.4. The molecule has 7 nitrogen and oxygen atoms in total. The van der Waals surface area contributed by atoms with Crippen LogP contribution < -0.4 is 4.74 Å². The number of ether oxygens (including phenoxy) is 2. The van der Waals surface area contributed by atoms with E-state index in [2.05, 4.69) is 0 Å². The maximum atomic E-state index is 13.4. The van der Waals surface area contributed by atoms with Gasteiger partial charge in [-0.15, -0.1) is 0 Å². The molecule has 27 heavy (non-hydrogen) atoms. The van der Waals surface area contributed by atoms with Crippen LogP contribution >= 0.6 is 0 Å². The fourth-order valence-corrected chi connectivity index (χ4v) is 3.04. The van der Waals surface area contributed by atoms with Crippen LogP contribution in [0.3, 0.4) is 0 Å². The van der Waals surface area contributed by atoms with E-state index in [4.69, 9.17) is 14.0 Å². The first-order valence-electron chi connectivity index (χ1n) is 7.89. The summed E-state index contributed by atoms with van der Waals surface area (Å²) >= 11 is 0. The highest BCUT2D eigenvalue weighted by molar-refractivity contribution is 7.85. The van der Waals surface area contributed by atoms with Gasteiger partial charge in [0.2, 0.25) is 0 Å². The van der Waals surface area contributed by atoms with Gasteiger partial charge in [-0.25, -0.2) is 4.79 Å². The van der Waals surface area contributed by atoms with Crippen LogP contribution in [-0.2, 0) is 28.1 Å². The Balaban J connectivity index is 2.42. The van der Waals surface area contributed by atoms with Gasteiger partial charge in [0.1, 0.15) is 11.4 Å². The molecule has 0 bridgehead atoms. The van der Waals surface area contributed by atoms with Gasteiger partial charge in [-0.2, -0.15) is 21.6 Å². The zero-order chi connectivity index (χ0) is 20.4. The summed E-state index contributed by atoms with van der Waals surface area (Å²) < 4.78 is 81.7. The van der Waals surface area contributed by atoms with E-state index in [1.54, 1.807) is 6.92 Å². The zero-order valence-electron chi connectivity index (χ0n) is 14.5. The van der Waals surface area contributed by atoms with Gasteiger partial charge in [0, 0.05) is 18.5 Å². The van der Waals surface area contributed by atoms with Gasteiger partial charge in [0.25, 0.3) is 10.1 Å². The number of hydrogen-bond acceptors (Lipinski definition) is 5. The normalized spacial score (nSPS) is 12.4. The van der Waals surface area contributed by atoms with Crippen molar-refractivity contribution in [1.29, 1.82) is 0 Å². The summed E-state index contributed by atoms with van der Waals surface area (Å²) in [6.07, 6.45) is -4.79. The molecule has 2 rings (SSSR count). The third-order valence-corrected chi connectivity index (χ3v) is 4.55. The van der Waals surface area contributed by atoms with Gasteiger partial charge in [0.15, 0.2) is 0 Å². The monoisotopic (exact) mass is 409 g/mol. The molecule has 0 fully saturated rings. The van der Waals surface area contributed by atoms with Crippen LogP contribution in [0.2, 0.25) is 0 Å². The Bertz CT molecular complexity index is 949. The lowest BCUT2D eigenvalue weighted by Crippen LogP contribution is -2.10. The van der Waals surface area contributed by atoms with E-state index in [0.29, 0.717) is 0 Å². The summed E-state index contributed by atoms with van der Waals surface area (Å²) in [5, 5.41) is -0.182. The van der Waals surface area contributed by atoms with Crippen LogP contribution in [0.15, 0.2) is 18.2 Å². The van der Waals surface area contributed by atoms with Gasteiger partial charge < -0.3 is 14.0 Å². The highest BCUT2D eigenvalue weighted by Gasteiger charge is 2.35. The standard InChI is InChI=1S/C16H18F3NO6S/c1-3-25-15(21)14-9-11-12(16(17,18)19)7-10(8-13(11)20(14)2)26-5-4-6-27(22,23)24/h7-9H,3-6H2,1-2H3,(H,22,23,24). The molecule has 1 heterocycles. The van der Waals surface area contributed by atoms with Gasteiger partial charge >= 0.3 is 12.1 Å². The first kappa shape index (κ1) is 21.0. The predicted octanol–water partition coefficient (Wildman–Crippen LogP) is 3.03. The summed E-state index contributed by atoms with van der Waals surface area (Å²) in [6.45, 7) is 1.45. The maximum absolute atomic E-state index is 13.4. The Morgan fingerprint density at radius 2 is 1.93 bits per heavy atom. The second kappa shape index (κ2) is 7.77. The molecule has 2 aromatic rings. The van der Waals surface area contributed by atoms with E-state index in [9.17, 15) is 26.4 Å². The Labute approximate surface area is 153 Å². The number of carbonyl (C=O) groups is 1. The van der Waals surface area contributed by atoms with E-state index in [1.165, 1.54) is 17.7 Å². The summed E-state index contributed by atoms with van der Waals surface area (Å²) in [6, 6.07) is 3.21. The molecule has 0 unspecified atom stereocenters. The number of carbonyl (C=O) groups excluding carboxylic acids is 1. The molecule has 0 aliphatic carbocycles. The number of fused-ring (bicyclic) bond motifs is 1. The van der Waals surface area contributed by atoms with Crippen molar-refractivity contribution in [2.24, 2.45) is 7.05 Å². The Kier molecular flexibility index (Phi) is 6.05. The topological polar surface area (TPSA) is 94.8 Å². The molecule has 1 N–H and O–H groups in total. The van der Waals surface area contributed by atoms with Crippen molar-refractivity contribution < 1.29 is 40.4 Å². The molecular formula is C16H18F3NO6S. The maximum Gasteiger partial charge on any atom is 0.417 e. The van der Waals surface area contributed by atoms with Crippen LogP contribution in [0, 0.1) is 0 Å². The first-order chi connectivity index (χ1) is 12.4. The molecule has 0 saturated carbocycles. The van der Waals surface area contributed by atoms with Gasteiger partial charge in [-0.3, -0.25) is 4.55 Å². The van der Waals surface area contributed by atoms with Gasteiger partial charge in [-0.1, -0.05) is 0 Å². The smallest absolute Gasteiger partial charge is 0.417 e. The number of halogens is 3. The van der Waals surface area contributed by atoms with Crippen LogP contribution in [-0.4, -0.2) is 42.5 Å². The summed E-state index contributed by atoms with van der Waals surface area (Å²) in [5.41, 5.74) is -0.922. The highest BCUT2D eigenvalue weighted by Crippen LogP contribution is 2.39. The summed E-state index contributed by atoms with van der Waals surface area (Å²) in [4.78, 5) is 11.9. The number of alkyl halides is 3. The van der Waals surface area contributed by atoms with Gasteiger partial charge in [0.05, 0.1) is 30.0 Å². The van der Waals surface area contributed by atoms with E-state index in [-0.39, 0.29) is 42.0 Å². The lowest BCUT2D eigenvalue weighted by Gasteiger charge is -2.12. The fraction of sp³-hybridized carbons (Fsp3) is 0.438. The molecule has 0 aliphatic rings. The van der Waals surface area contributed by atoms with Crippen molar-refractivity contribution in [3.63, 3.8) is 0 Å². The average Bonchev–Trinajstić information content (AvgIpc) is 2.86. The van der Waals surface area contributed by atoms with Crippen LogP contribution in [0.25, 0.3) is 10.9 Å². The third kappa shape index (κ3) is 5.13. The quantitative estimate of drug-likeness (QED) is 0.429. The molecule has 0 atom stereocenters. The predicted molar refractivity (Wildman–Crippen MR) is 90.4 cm³/mol. The number of aromatic nitrogens is 1. The highest BCUT2D eigenvalue weighted by atomic mass is 32.2. The SMILES string of the molecule is CCOC(=O)c1cc2c(C(F)(F)F)cc(OCCCS(=O)(=O)O)cc2n1C. The van der Waals surface area contributed by atoms with Gasteiger partial charge in [-0.05, 0) is 25.5 Å².